The van der Waals surface area contributed by atoms with Crippen molar-refractivity contribution < 1.29 is 14.3 Å². The van der Waals surface area contributed by atoms with Gasteiger partial charge in [0.1, 0.15) is 11.4 Å². The van der Waals surface area contributed by atoms with Gasteiger partial charge in [0.2, 0.25) is 0 Å². The Morgan fingerprint density at radius 3 is 2.41 bits per heavy atom. The number of ether oxygens (including phenoxy) is 1. The molecule has 0 aliphatic heterocycles. The number of amides is 1. The Morgan fingerprint density at radius 1 is 1.24 bits per heavy atom. The average Bonchev–Trinajstić information content (AvgIpc) is 2.96. The lowest BCUT2D eigenvalue weighted by atomic mass is 10.1. The molecule has 98 valence electrons. The number of ketones is 1. The summed E-state index contributed by atoms with van der Waals surface area (Å²) in [6.07, 6.45) is 4.11. The summed E-state index contributed by atoms with van der Waals surface area (Å²) < 4.78 is 5.10. The van der Waals surface area contributed by atoms with Gasteiger partial charge in [-0.3, -0.25) is 4.79 Å². The van der Waals surface area contributed by atoms with Crippen molar-refractivity contribution in [3.8, 4) is 0 Å². The number of alkyl carbamates (subject to hydrolysis) is 1. The normalized spacial score (nSPS) is 15.5. The van der Waals surface area contributed by atoms with Crippen molar-refractivity contribution in [2.24, 2.45) is 5.92 Å². The first kappa shape index (κ1) is 14.0. The maximum atomic E-state index is 11.4. The number of unbranched alkanes of at least 4 members (excludes halogenated alkanes) is 1. The van der Waals surface area contributed by atoms with Crippen molar-refractivity contribution >= 4 is 11.9 Å². The molecule has 0 atom stereocenters. The molecule has 0 unspecified atom stereocenters. The monoisotopic (exact) mass is 241 g/mol. The van der Waals surface area contributed by atoms with E-state index in [1.165, 1.54) is 0 Å². The van der Waals surface area contributed by atoms with E-state index in [0.29, 0.717) is 24.7 Å². The van der Waals surface area contributed by atoms with E-state index in [9.17, 15) is 9.59 Å². The van der Waals surface area contributed by atoms with Crippen LogP contribution in [0.4, 0.5) is 4.79 Å². The van der Waals surface area contributed by atoms with Gasteiger partial charge in [0, 0.05) is 18.9 Å². The average molecular weight is 241 g/mol. The van der Waals surface area contributed by atoms with Crippen molar-refractivity contribution in [1.82, 2.24) is 5.32 Å². The van der Waals surface area contributed by atoms with Gasteiger partial charge in [-0.15, -0.1) is 0 Å². The highest BCUT2D eigenvalue weighted by atomic mass is 16.6. The van der Waals surface area contributed by atoms with Gasteiger partial charge < -0.3 is 10.1 Å². The quantitative estimate of drug-likeness (QED) is 0.727. The van der Waals surface area contributed by atoms with E-state index in [1.54, 1.807) is 0 Å². The van der Waals surface area contributed by atoms with Gasteiger partial charge in [0.05, 0.1) is 0 Å². The number of Topliss-reactive ketones (excluding diaryl/α,β-unsaturated/α-hetero) is 1. The molecular formula is C13H23NO3. The molecule has 1 aliphatic carbocycles. The summed E-state index contributed by atoms with van der Waals surface area (Å²) in [5.74, 6) is 0.746. The number of rotatable bonds is 6. The van der Waals surface area contributed by atoms with Crippen LogP contribution in [0.1, 0.15) is 52.9 Å². The van der Waals surface area contributed by atoms with E-state index in [4.69, 9.17) is 4.74 Å². The van der Waals surface area contributed by atoms with Crippen LogP contribution in [0.2, 0.25) is 0 Å². The number of nitrogens with one attached hydrogen (secondary N) is 1. The molecule has 4 heteroatoms. The molecule has 1 N–H and O–H groups in total. The molecule has 4 nitrogen and oxygen atoms in total. The summed E-state index contributed by atoms with van der Waals surface area (Å²) in [6.45, 7) is 6.08. The predicted octanol–water partition coefficient (Wildman–Crippen LogP) is 2.66. The molecule has 0 heterocycles. The maximum Gasteiger partial charge on any atom is 0.407 e. The van der Waals surface area contributed by atoms with Crippen LogP contribution < -0.4 is 5.32 Å². The van der Waals surface area contributed by atoms with Crippen molar-refractivity contribution in [1.29, 1.82) is 0 Å². The first-order valence-electron chi connectivity index (χ1n) is 6.38. The summed E-state index contributed by atoms with van der Waals surface area (Å²) in [7, 11) is 0. The number of carbonyl (C=O) groups is 2. The summed E-state index contributed by atoms with van der Waals surface area (Å²) in [6, 6.07) is 0. The number of hydrogen-bond donors (Lipinski definition) is 1. The third-order valence-electron chi connectivity index (χ3n) is 2.55. The minimum atomic E-state index is -0.452. The molecule has 1 fully saturated rings. The fourth-order valence-electron chi connectivity index (χ4n) is 1.54. The highest BCUT2D eigenvalue weighted by Crippen LogP contribution is 2.31. The van der Waals surface area contributed by atoms with Crippen LogP contribution in [0.3, 0.4) is 0 Å². The number of hydrogen-bond acceptors (Lipinski definition) is 3. The van der Waals surface area contributed by atoms with E-state index in [0.717, 1.165) is 25.7 Å². The Balaban J connectivity index is 1.96. The molecule has 1 amide bonds. The van der Waals surface area contributed by atoms with E-state index in [-0.39, 0.29) is 6.09 Å². The van der Waals surface area contributed by atoms with Crippen molar-refractivity contribution in [2.45, 2.75) is 58.5 Å². The second kappa shape index (κ2) is 6.03. The SMILES string of the molecule is CC(C)(C)OC(=O)NCCCCC(=O)C1CC1. The summed E-state index contributed by atoms with van der Waals surface area (Å²) in [5, 5.41) is 2.69. The fraction of sp³-hybridized carbons (Fsp3) is 0.846. The lowest BCUT2D eigenvalue weighted by Gasteiger charge is -2.19. The topological polar surface area (TPSA) is 55.4 Å². The van der Waals surface area contributed by atoms with Gasteiger partial charge in [0.15, 0.2) is 0 Å². The number of carbonyl (C=O) groups excluding carboxylic acids is 2. The maximum absolute atomic E-state index is 11.4. The zero-order valence-corrected chi connectivity index (χ0v) is 11.0. The van der Waals surface area contributed by atoms with Crippen LogP contribution in [0.15, 0.2) is 0 Å². The lowest BCUT2D eigenvalue weighted by Crippen LogP contribution is -2.33. The molecule has 0 spiro atoms. The minimum absolute atomic E-state index is 0.355. The van der Waals surface area contributed by atoms with E-state index in [2.05, 4.69) is 5.32 Å². The van der Waals surface area contributed by atoms with Gasteiger partial charge in [-0.05, 0) is 46.5 Å². The highest BCUT2D eigenvalue weighted by molar-refractivity contribution is 5.83. The third kappa shape index (κ3) is 6.97. The van der Waals surface area contributed by atoms with Gasteiger partial charge in [-0.1, -0.05) is 0 Å². The lowest BCUT2D eigenvalue weighted by molar-refractivity contribution is -0.120. The fourth-order valence-corrected chi connectivity index (χ4v) is 1.54. The molecule has 0 aromatic carbocycles. The summed E-state index contributed by atoms with van der Waals surface area (Å²) >= 11 is 0. The molecule has 0 saturated heterocycles. The van der Waals surface area contributed by atoms with Crippen molar-refractivity contribution in [3.05, 3.63) is 0 Å². The minimum Gasteiger partial charge on any atom is -0.444 e. The Hall–Kier alpha value is -1.06. The summed E-state index contributed by atoms with van der Waals surface area (Å²) in [5.41, 5.74) is -0.452. The van der Waals surface area contributed by atoms with E-state index >= 15 is 0 Å². The zero-order chi connectivity index (χ0) is 12.9. The first-order chi connectivity index (χ1) is 7.88. The standard InChI is InChI=1S/C13H23NO3/c1-13(2,3)17-12(16)14-9-5-4-6-11(15)10-7-8-10/h10H,4-9H2,1-3H3,(H,14,16). The molecule has 1 rings (SSSR count). The first-order valence-corrected chi connectivity index (χ1v) is 6.38. The van der Waals surface area contributed by atoms with Crippen LogP contribution in [-0.2, 0) is 9.53 Å². The van der Waals surface area contributed by atoms with Crippen LogP contribution >= 0.6 is 0 Å². The highest BCUT2D eigenvalue weighted by Gasteiger charge is 2.28. The molecule has 1 saturated carbocycles. The third-order valence-corrected chi connectivity index (χ3v) is 2.55. The Morgan fingerprint density at radius 2 is 1.88 bits per heavy atom. The van der Waals surface area contributed by atoms with Gasteiger partial charge in [-0.25, -0.2) is 4.79 Å². The Bertz CT molecular complexity index is 277. The molecule has 17 heavy (non-hydrogen) atoms. The van der Waals surface area contributed by atoms with Crippen LogP contribution in [-0.4, -0.2) is 24.0 Å². The van der Waals surface area contributed by atoms with E-state index < -0.39 is 5.60 Å². The van der Waals surface area contributed by atoms with Crippen LogP contribution in [0, 0.1) is 5.92 Å². The second-order valence-electron chi connectivity index (χ2n) is 5.63. The van der Waals surface area contributed by atoms with Gasteiger partial charge in [0.25, 0.3) is 0 Å². The van der Waals surface area contributed by atoms with Crippen LogP contribution in [0.5, 0.6) is 0 Å². The molecule has 0 radical (unpaired) electrons. The molecule has 0 aromatic heterocycles. The molecule has 0 bridgehead atoms. The van der Waals surface area contributed by atoms with Crippen molar-refractivity contribution in [2.75, 3.05) is 6.54 Å². The molecule has 0 aromatic rings. The Kier molecular flexibility index (Phi) is 4.97. The van der Waals surface area contributed by atoms with E-state index in [1.807, 2.05) is 20.8 Å². The Labute approximate surface area is 103 Å². The summed E-state index contributed by atoms with van der Waals surface area (Å²) in [4.78, 5) is 22.7. The smallest absolute Gasteiger partial charge is 0.407 e. The molecule has 1 aliphatic rings. The zero-order valence-electron chi connectivity index (χ0n) is 11.0. The molecular weight excluding hydrogens is 218 g/mol. The second-order valence-corrected chi connectivity index (χ2v) is 5.63. The van der Waals surface area contributed by atoms with Crippen LogP contribution in [0.25, 0.3) is 0 Å². The van der Waals surface area contributed by atoms with Gasteiger partial charge in [-0.2, -0.15) is 0 Å². The largest absolute Gasteiger partial charge is 0.444 e. The van der Waals surface area contributed by atoms with Gasteiger partial charge >= 0.3 is 6.09 Å². The van der Waals surface area contributed by atoms with Crippen molar-refractivity contribution in [3.63, 3.8) is 0 Å². The predicted molar refractivity (Wildman–Crippen MR) is 65.8 cm³/mol.